The standard InChI is InChI=1S/C22H21N/c1-15-7-6-10-20-18-12-14-22(2,3)13-11-17(18)16-8-4-5-9-19(16)21(20)23-15/h4-14,23H,1-3H3. The zero-order chi connectivity index (χ0) is 16.0. The molecule has 23 heavy (non-hydrogen) atoms. The van der Waals surface area contributed by atoms with E-state index in [9.17, 15) is 0 Å². The summed E-state index contributed by atoms with van der Waals surface area (Å²) < 4.78 is 0. The van der Waals surface area contributed by atoms with Crippen molar-refractivity contribution in [1.29, 1.82) is 0 Å². The Hall–Kier alpha value is -2.54. The smallest absolute Gasteiger partial charge is 0.0541 e. The van der Waals surface area contributed by atoms with Crippen molar-refractivity contribution in [3.05, 3.63) is 71.0 Å². The van der Waals surface area contributed by atoms with Crippen LogP contribution in [-0.2, 0) is 0 Å². The predicted molar refractivity (Wildman–Crippen MR) is 102 cm³/mol. The summed E-state index contributed by atoms with van der Waals surface area (Å²) in [7, 11) is 0. The molecule has 0 radical (unpaired) electrons. The van der Waals surface area contributed by atoms with Gasteiger partial charge in [0.25, 0.3) is 0 Å². The summed E-state index contributed by atoms with van der Waals surface area (Å²) in [6.45, 7) is 6.60. The van der Waals surface area contributed by atoms with Gasteiger partial charge < -0.3 is 5.32 Å². The van der Waals surface area contributed by atoms with Crippen LogP contribution >= 0.6 is 0 Å². The highest BCUT2D eigenvalue weighted by Gasteiger charge is 2.20. The lowest BCUT2D eigenvalue weighted by molar-refractivity contribution is 0.633. The van der Waals surface area contributed by atoms with E-state index in [2.05, 4.69) is 92.9 Å². The fourth-order valence-electron chi connectivity index (χ4n) is 3.35. The Morgan fingerprint density at radius 1 is 0.826 bits per heavy atom. The number of benzene rings is 2. The van der Waals surface area contributed by atoms with Crippen LogP contribution in [0.1, 0.15) is 37.5 Å². The van der Waals surface area contributed by atoms with Crippen LogP contribution in [0.15, 0.2) is 54.3 Å². The van der Waals surface area contributed by atoms with Gasteiger partial charge in [-0.2, -0.15) is 0 Å². The Kier molecular flexibility index (Phi) is 3.05. The van der Waals surface area contributed by atoms with E-state index in [1.54, 1.807) is 0 Å². The number of anilines is 1. The molecule has 1 heterocycles. The fourth-order valence-corrected chi connectivity index (χ4v) is 3.35. The molecule has 0 amide bonds. The molecule has 0 atom stereocenters. The van der Waals surface area contributed by atoms with E-state index in [0.29, 0.717) is 0 Å². The van der Waals surface area contributed by atoms with Gasteiger partial charge in [-0.15, -0.1) is 0 Å². The zero-order valence-corrected chi connectivity index (χ0v) is 13.9. The highest BCUT2D eigenvalue weighted by Crippen LogP contribution is 2.41. The summed E-state index contributed by atoms with van der Waals surface area (Å²) >= 11 is 0. The first-order valence-electron chi connectivity index (χ1n) is 8.14. The molecule has 0 fully saturated rings. The van der Waals surface area contributed by atoms with E-state index < -0.39 is 0 Å². The van der Waals surface area contributed by atoms with Crippen molar-refractivity contribution in [2.45, 2.75) is 20.8 Å². The molecule has 1 nitrogen and oxygen atoms in total. The molecule has 1 N–H and O–H groups in total. The monoisotopic (exact) mass is 299 g/mol. The SMILES string of the molecule is CC1=CC=Cc2c3c(c4ccccc4c2N1)C=CC(C)(C)C=C3. The number of fused-ring (bicyclic) bond motifs is 6. The molecule has 0 saturated carbocycles. The molecule has 2 aromatic carbocycles. The van der Waals surface area contributed by atoms with Crippen molar-refractivity contribution in [1.82, 2.24) is 0 Å². The molecule has 1 aliphatic heterocycles. The first-order valence-corrected chi connectivity index (χ1v) is 8.14. The lowest BCUT2D eigenvalue weighted by Gasteiger charge is -2.18. The summed E-state index contributed by atoms with van der Waals surface area (Å²) in [5.41, 5.74) is 6.33. The summed E-state index contributed by atoms with van der Waals surface area (Å²) in [5, 5.41) is 6.17. The van der Waals surface area contributed by atoms with E-state index in [1.165, 1.54) is 38.8 Å². The van der Waals surface area contributed by atoms with Crippen LogP contribution in [0.25, 0.3) is 29.0 Å². The van der Waals surface area contributed by atoms with Crippen molar-refractivity contribution in [2.75, 3.05) is 5.32 Å². The van der Waals surface area contributed by atoms with E-state index in [4.69, 9.17) is 0 Å². The Balaban J connectivity index is 2.14. The van der Waals surface area contributed by atoms with Crippen molar-refractivity contribution in [2.24, 2.45) is 5.41 Å². The van der Waals surface area contributed by atoms with E-state index >= 15 is 0 Å². The van der Waals surface area contributed by atoms with E-state index in [-0.39, 0.29) is 5.41 Å². The lowest BCUT2D eigenvalue weighted by atomic mass is 9.91. The molecule has 4 rings (SSSR count). The number of nitrogens with one attached hydrogen (secondary N) is 1. The Morgan fingerprint density at radius 3 is 2.30 bits per heavy atom. The summed E-state index contributed by atoms with van der Waals surface area (Å²) in [4.78, 5) is 0. The van der Waals surface area contributed by atoms with Gasteiger partial charge in [0.15, 0.2) is 0 Å². The Labute approximate surface area is 137 Å². The van der Waals surface area contributed by atoms with Crippen molar-refractivity contribution in [3.63, 3.8) is 0 Å². The minimum Gasteiger partial charge on any atom is -0.358 e. The van der Waals surface area contributed by atoms with Crippen LogP contribution in [0.2, 0.25) is 0 Å². The topological polar surface area (TPSA) is 12.0 Å². The molecule has 0 unspecified atom stereocenters. The second-order valence-electron chi connectivity index (χ2n) is 6.98. The van der Waals surface area contributed by atoms with Gasteiger partial charge in [0.1, 0.15) is 0 Å². The van der Waals surface area contributed by atoms with Crippen LogP contribution in [0.3, 0.4) is 0 Å². The van der Waals surface area contributed by atoms with Crippen molar-refractivity contribution < 1.29 is 0 Å². The first kappa shape index (κ1) is 14.1. The molecular weight excluding hydrogens is 278 g/mol. The average molecular weight is 299 g/mol. The van der Waals surface area contributed by atoms with Gasteiger partial charge in [0, 0.05) is 22.1 Å². The molecule has 0 spiro atoms. The number of allylic oxidation sites excluding steroid dienone is 5. The third kappa shape index (κ3) is 2.33. The van der Waals surface area contributed by atoms with Crippen molar-refractivity contribution >= 4 is 34.7 Å². The van der Waals surface area contributed by atoms with Crippen molar-refractivity contribution in [3.8, 4) is 0 Å². The largest absolute Gasteiger partial charge is 0.358 e. The highest BCUT2D eigenvalue weighted by atomic mass is 14.9. The van der Waals surface area contributed by atoms with Gasteiger partial charge in [-0.3, -0.25) is 0 Å². The number of hydrogen-bond acceptors (Lipinski definition) is 1. The maximum absolute atomic E-state index is 3.60. The zero-order valence-electron chi connectivity index (χ0n) is 13.9. The van der Waals surface area contributed by atoms with Crippen LogP contribution in [0, 0.1) is 5.41 Å². The third-order valence-corrected chi connectivity index (χ3v) is 4.63. The maximum atomic E-state index is 3.60. The molecule has 2 aliphatic rings. The van der Waals surface area contributed by atoms with Gasteiger partial charge in [-0.05, 0) is 29.5 Å². The lowest BCUT2D eigenvalue weighted by Crippen LogP contribution is -2.01. The molecule has 1 heteroatoms. The molecule has 114 valence electrons. The first-order chi connectivity index (χ1) is 11.1. The second-order valence-corrected chi connectivity index (χ2v) is 6.98. The average Bonchev–Trinajstić information content (AvgIpc) is 2.81. The number of hydrogen-bond donors (Lipinski definition) is 1. The molecule has 0 saturated heterocycles. The molecule has 2 aromatic rings. The molecule has 1 aliphatic carbocycles. The predicted octanol–water partition coefficient (Wildman–Crippen LogP) is 6.25. The van der Waals surface area contributed by atoms with E-state index in [0.717, 1.165) is 0 Å². The normalized spacial score (nSPS) is 17.8. The Bertz CT molecular complexity index is 921. The molecule has 0 bridgehead atoms. The summed E-state index contributed by atoms with van der Waals surface area (Å²) in [6.07, 6.45) is 15.7. The number of rotatable bonds is 0. The minimum absolute atomic E-state index is 0.0725. The van der Waals surface area contributed by atoms with Crippen LogP contribution in [0.5, 0.6) is 0 Å². The van der Waals surface area contributed by atoms with Crippen LogP contribution in [-0.4, -0.2) is 0 Å². The maximum Gasteiger partial charge on any atom is 0.0541 e. The summed E-state index contributed by atoms with van der Waals surface area (Å²) in [6, 6.07) is 8.67. The van der Waals surface area contributed by atoms with Crippen LogP contribution in [0.4, 0.5) is 5.69 Å². The van der Waals surface area contributed by atoms with Gasteiger partial charge in [0.05, 0.1) is 5.69 Å². The minimum atomic E-state index is 0.0725. The second kappa shape index (κ2) is 4.99. The van der Waals surface area contributed by atoms with Gasteiger partial charge in [-0.1, -0.05) is 74.6 Å². The fraction of sp³-hybridized carbons (Fsp3) is 0.182. The quantitative estimate of drug-likeness (QED) is 0.606. The van der Waals surface area contributed by atoms with Gasteiger partial charge in [0.2, 0.25) is 0 Å². The van der Waals surface area contributed by atoms with E-state index in [1.807, 2.05) is 0 Å². The summed E-state index contributed by atoms with van der Waals surface area (Å²) in [5.74, 6) is 0. The Morgan fingerprint density at radius 2 is 1.52 bits per heavy atom. The van der Waals surface area contributed by atoms with Gasteiger partial charge >= 0.3 is 0 Å². The molecular formula is C22H21N. The molecule has 0 aromatic heterocycles. The van der Waals surface area contributed by atoms with Gasteiger partial charge in [-0.25, -0.2) is 0 Å². The highest BCUT2D eigenvalue weighted by molar-refractivity contribution is 6.07. The third-order valence-electron chi connectivity index (χ3n) is 4.63. The van der Waals surface area contributed by atoms with Crippen LogP contribution < -0.4 is 5.32 Å².